The van der Waals surface area contributed by atoms with E-state index in [1.165, 1.54) is 11.1 Å². The molecule has 0 amide bonds. The first-order chi connectivity index (χ1) is 7.66. The Morgan fingerprint density at radius 3 is 2.44 bits per heavy atom. The molecule has 0 unspecified atom stereocenters. The van der Waals surface area contributed by atoms with Crippen molar-refractivity contribution < 1.29 is 5.11 Å². The summed E-state index contributed by atoms with van der Waals surface area (Å²) in [5.41, 5.74) is 2.76. The molecule has 1 N–H and O–H groups in total. The third-order valence-corrected chi connectivity index (χ3v) is 3.52. The fraction of sp³-hybridized carbons (Fsp3) is 0.571. The number of aliphatic hydroxyl groups is 1. The van der Waals surface area contributed by atoms with Crippen molar-refractivity contribution in [3.8, 4) is 0 Å². The van der Waals surface area contributed by atoms with Crippen molar-refractivity contribution in [2.24, 2.45) is 5.92 Å². The molecule has 2 heteroatoms. The van der Waals surface area contributed by atoms with E-state index in [0.29, 0.717) is 5.92 Å². The predicted octanol–water partition coefficient (Wildman–Crippen LogP) is 1.71. The summed E-state index contributed by atoms with van der Waals surface area (Å²) in [6, 6.07) is 8.50. The number of aliphatic hydroxyl groups excluding tert-OH is 1. The van der Waals surface area contributed by atoms with Crippen LogP contribution in [-0.2, 0) is 12.8 Å². The van der Waals surface area contributed by atoms with Gasteiger partial charge < -0.3 is 10.0 Å². The summed E-state index contributed by atoms with van der Waals surface area (Å²) < 4.78 is 0. The SMILES string of the molecule is CN(C)CC[C@@H]1Cc2ccccc2C[C@H]1O. The van der Waals surface area contributed by atoms with Crippen LogP contribution >= 0.6 is 0 Å². The number of fused-ring (bicyclic) bond motifs is 1. The number of benzene rings is 1. The predicted molar refractivity (Wildman–Crippen MR) is 66.5 cm³/mol. The van der Waals surface area contributed by atoms with Crippen LogP contribution in [0, 0.1) is 5.92 Å². The smallest absolute Gasteiger partial charge is 0.0612 e. The number of hydrogen-bond acceptors (Lipinski definition) is 2. The minimum atomic E-state index is -0.158. The first-order valence-corrected chi connectivity index (χ1v) is 6.06. The zero-order valence-corrected chi connectivity index (χ0v) is 10.2. The summed E-state index contributed by atoms with van der Waals surface area (Å²) in [5, 5.41) is 10.1. The molecule has 2 nitrogen and oxygen atoms in total. The number of rotatable bonds is 3. The van der Waals surface area contributed by atoms with Gasteiger partial charge in [0.25, 0.3) is 0 Å². The average Bonchev–Trinajstić information content (AvgIpc) is 2.26. The van der Waals surface area contributed by atoms with E-state index < -0.39 is 0 Å². The van der Waals surface area contributed by atoms with E-state index in [2.05, 4.69) is 43.3 Å². The van der Waals surface area contributed by atoms with Crippen LogP contribution in [0.1, 0.15) is 17.5 Å². The van der Waals surface area contributed by atoms with Crippen LogP contribution in [0.5, 0.6) is 0 Å². The van der Waals surface area contributed by atoms with Crippen LogP contribution in [0.2, 0.25) is 0 Å². The molecule has 2 atom stereocenters. The fourth-order valence-corrected chi connectivity index (χ4v) is 2.48. The highest BCUT2D eigenvalue weighted by molar-refractivity contribution is 5.30. The second-order valence-electron chi connectivity index (χ2n) is 5.10. The van der Waals surface area contributed by atoms with Crippen molar-refractivity contribution >= 4 is 0 Å². The molecular weight excluding hydrogens is 198 g/mol. The lowest BCUT2D eigenvalue weighted by Gasteiger charge is -2.30. The molecular formula is C14H21NO. The van der Waals surface area contributed by atoms with E-state index in [4.69, 9.17) is 0 Å². The Morgan fingerprint density at radius 2 is 1.81 bits per heavy atom. The second-order valence-corrected chi connectivity index (χ2v) is 5.10. The van der Waals surface area contributed by atoms with E-state index in [1.807, 2.05) is 0 Å². The summed E-state index contributed by atoms with van der Waals surface area (Å²) in [7, 11) is 4.17. The van der Waals surface area contributed by atoms with E-state index in [-0.39, 0.29) is 6.10 Å². The molecule has 0 bridgehead atoms. The van der Waals surface area contributed by atoms with Gasteiger partial charge in [-0.15, -0.1) is 0 Å². The van der Waals surface area contributed by atoms with Gasteiger partial charge in [-0.3, -0.25) is 0 Å². The molecule has 0 aromatic heterocycles. The molecule has 1 aromatic carbocycles. The van der Waals surface area contributed by atoms with Gasteiger partial charge in [0.05, 0.1) is 6.10 Å². The Labute approximate surface area is 97.9 Å². The minimum absolute atomic E-state index is 0.158. The maximum atomic E-state index is 10.1. The Morgan fingerprint density at radius 1 is 1.19 bits per heavy atom. The first-order valence-electron chi connectivity index (χ1n) is 6.06. The van der Waals surface area contributed by atoms with Gasteiger partial charge in [-0.25, -0.2) is 0 Å². The van der Waals surface area contributed by atoms with Crippen molar-refractivity contribution in [1.82, 2.24) is 4.90 Å². The fourth-order valence-electron chi connectivity index (χ4n) is 2.48. The quantitative estimate of drug-likeness (QED) is 0.836. The van der Waals surface area contributed by atoms with Gasteiger partial charge in [0.15, 0.2) is 0 Å². The molecule has 1 aliphatic carbocycles. The van der Waals surface area contributed by atoms with Crippen LogP contribution in [0.3, 0.4) is 0 Å². The molecule has 2 rings (SSSR count). The molecule has 0 aliphatic heterocycles. The Hall–Kier alpha value is -0.860. The largest absolute Gasteiger partial charge is 0.392 e. The average molecular weight is 219 g/mol. The van der Waals surface area contributed by atoms with Crippen molar-refractivity contribution in [2.75, 3.05) is 20.6 Å². The van der Waals surface area contributed by atoms with Gasteiger partial charge in [-0.2, -0.15) is 0 Å². The van der Waals surface area contributed by atoms with E-state index >= 15 is 0 Å². The molecule has 0 radical (unpaired) electrons. The van der Waals surface area contributed by atoms with Gasteiger partial charge in [-0.05, 0) is 56.9 Å². The second kappa shape index (κ2) is 4.98. The van der Waals surface area contributed by atoms with E-state index in [9.17, 15) is 5.11 Å². The van der Waals surface area contributed by atoms with Crippen LogP contribution in [0.4, 0.5) is 0 Å². The molecule has 0 saturated heterocycles. The maximum absolute atomic E-state index is 10.1. The van der Waals surface area contributed by atoms with Crippen LogP contribution in [0.25, 0.3) is 0 Å². The minimum Gasteiger partial charge on any atom is -0.392 e. The standard InChI is InChI=1S/C14H21NO/c1-15(2)8-7-13-9-11-5-3-4-6-12(11)10-14(13)16/h3-6,13-14,16H,7-10H2,1-2H3/t13-,14-/m1/s1. The Balaban J connectivity index is 2.03. The maximum Gasteiger partial charge on any atom is 0.0612 e. The monoisotopic (exact) mass is 219 g/mol. The molecule has 0 heterocycles. The highest BCUT2D eigenvalue weighted by atomic mass is 16.3. The lowest BCUT2D eigenvalue weighted by atomic mass is 9.80. The van der Waals surface area contributed by atoms with Gasteiger partial charge in [0, 0.05) is 0 Å². The zero-order valence-electron chi connectivity index (χ0n) is 10.2. The summed E-state index contributed by atoms with van der Waals surface area (Å²) in [6.07, 6.45) is 2.79. The Kier molecular flexibility index (Phi) is 3.62. The molecule has 0 saturated carbocycles. The van der Waals surface area contributed by atoms with Gasteiger partial charge in [-0.1, -0.05) is 24.3 Å². The Bertz CT molecular complexity index is 348. The number of nitrogens with zero attached hydrogens (tertiary/aromatic N) is 1. The van der Waals surface area contributed by atoms with Crippen molar-refractivity contribution in [3.63, 3.8) is 0 Å². The van der Waals surface area contributed by atoms with E-state index in [1.54, 1.807) is 0 Å². The summed E-state index contributed by atoms with van der Waals surface area (Å²) in [6.45, 7) is 1.06. The normalized spacial score (nSPS) is 24.5. The van der Waals surface area contributed by atoms with Crippen LogP contribution in [-0.4, -0.2) is 36.8 Å². The zero-order chi connectivity index (χ0) is 11.5. The summed E-state index contributed by atoms with van der Waals surface area (Å²) in [5.74, 6) is 0.428. The molecule has 0 fully saturated rings. The van der Waals surface area contributed by atoms with Crippen molar-refractivity contribution in [2.45, 2.75) is 25.4 Å². The van der Waals surface area contributed by atoms with Gasteiger partial charge >= 0.3 is 0 Å². The lowest BCUT2D eigenvalue weighted by Crippen LogP contribution is -2.32. The summed E-state index contributed by atoms with van der Waals surface area (Å²) in [4.78, 5) is 2.19. The van der Waals surface area contributed by atoms with E-state index in [0.717, 1.165) is 25.8 Å². The van der Waals surface area contributed by atoms with Crippen molar-refractivity contribution in [1.29, 1.82) is 0 Å². The third kappa shape index (κ3) is 2.63. The highest BCUT2D eigenvalue weighted by Gasteiger charge is 2.26. The first kappa shape index (κ1) is 11.6. The van der Waals surface area contributed by atoms with Gasteiger partial charge in [0.2, 0.25) is 0 Å². The number of hydrogen-bond donors (Lipinski definition) is 1. The summed E-state index contributed by atoms with van der Waals surface area (Å²) >= 11 is 0. The van der Waals surface area contributed by atoms with Crippen LogP contribution < -0.4 is 0 Å². The molecule has 88 valence electrons. The molecule has 1 aromatic rings. The lowest BCUT2D eigenvalue weighted by molar-refractivity contribution is 0.0899. The molecule has 1 aliphatic rings. The molecule has 0 spiro atoms. The topological polar surface area (TPSA) is 23.5 Å². The van der Waals surface area contributed by atoms with Crippen molar-refractivity contribution in [3.05, 3.63) is 35.4 Å². The van der Waals surface area contributed by atoms with Gasteiger partial charge in [0.1, 0.15) is 0 Å². The molecule has 16 heavy (non-hydrogen) atoms. The highest BCUT2D eigenvalue weighted by Crippen LogP contribution is 2.27. The third-order valence-electron chi connectivity index (χ3n) is 3.52. The van der Waals surface area contributed by atoms with Crippen LogP contribution in [0.15, 0.2) is 24.3 Å².